The van der Waals surface area contributed by atoms with E-state index >= 15 is 0 Å². The maximum atomic E-state index is 13.0. The first kappa shape index (κ1) is 25.6. The Morgan fingerprint density at radius 3 is 2.50 bits per heavy atom. The molecule has 2 unspecified atom stereocenters. The highest BCUT2D eigenvalue weighted by atomic mass is 32.2. The highest BCUT2D eigenvalue weighted by Crippen LogP contribution is 2.29. The Hall–Kier alpha value is -2.66. The number of hydrogen-bond donors (Lipinski definition) is 3. The number of benzene rings is 1. The van der Waals surface area contributed by atoms with Crippen molar-refractivity contribution in [1.82, 2.24) is 10.2 Å². The van der Waals surface area contributed by atoms with Crippen molar-refractivity contribution in [3.05, 3.63) is 23.8 Å². The van der Waals surface area contributed by atoms with Gasteiger partial charge in [-0.1, -0.05) is 6.07 Å². The summed E-state index contributed by atoms with van der Waals surface area (Å²) in [6.07, 6.45) is -0.793. The standard InChI is InChI=1S/C21H30N2O8S/c1-13(18(24)23-9-10-32-12-21(23,2)31-20(27)28)22-15(19(25)26)7-5-14-6-8-16(29-3)17(11-14)30-4/h6,8,11,13,15,22H,5,7,9-10,12H2,1-4H3,(H,25,26)(H,27,28)/t13-,15?,21?/m0/s1. The van der Waals surface area contributed by atoms with Gasteiger partial charge in [-0.2, -0.15) is 11.8 Å². The van der Waals surface area contributed by atoms with Crippen molar-refractivity contribution >= 4 is 29.8 Å². The number of methoxy groups -OCH3 is 2. The number of hydrogen-bond acceptors (Lipinski definition) is 8. The van der Waals surface area contributed by atoms with Crippen LogP contribution in [-0.2, 0) is 20.7 Å². The molecule has 1 aliphatic rings. The molecular formula is C21H30N2O8S. The van der Waals surface area contributed by atoms with Crippen LogP contribution in [0.3, 0.4) is 0 Å². The second-order valence-electron chi connectivity index (χ2n) is 7.59. The third-order valence-electron chi connectivity index (χ3n) is 5.26. The zero-order valence-electron chi connectivity index (χ0n) is 18.6. The Bertz CT molecular complexity index is 836. The molecule has 0 radical (unpaired) electrons. The van der Waals surface area contributed by atoms with Gasteiger partial charge in [0.1, 0.15) is 6.04 Å². The summed E-state index contributed by atoms with van der Waals surface area (Å²) in [5.41, 5.74) is -0.440. The number of carboxylic acids is 1. The van der Waals surface area contributed by atoms with Crippen LogP contribution in [0.15, 0.2) is 18.2 Å². The van der Waals surface area contributed by atoms with Crippen LogP contribution in [0.4, 0.5) is 4.79 Å². The summed E-state index contributed by atoms with van der Waals surface area (Å²) in [5, 5.41) is 21.6. The van der Waals surface area contributed by atoms with Crippen LogP contribution < -0.4 is 14.8 Å². The second kappa shape index (κ2) is 11.3. The molecule has 0 aliphatic carbocycles. The van der Waals surface area contributed by atoms with E-state index in [0.29, 0.717) is 36.0 Å². The van der Waals surface area contributed by atoms with E-state index in [0.717, 1.165) is 5.56 Å². The molecule has 3 N–H and O–H groups in total. The van der Waals surface area contributed by atoms with Crippen LogP contribution in [0.25, 0.3) is 0 Å². The summed E-state index contributed by atoms with van der Waals surface area (Å²) in [5.74, 6) is 0.581. The summed E-state index contributed by atoms with van der Waals surface area (Å²) in [7, 11) is 3.06. The number of nitrogens with zero attached hydrogens (tertiary/aromatic N) is 1. The molecule has 1 fully saturated rings. The molecule has 0 aromatic heterocycles. The van der Waals surface area contributed by atoms with Gasteiger partial charge in [-0.05, 0) is 44.4 Å². The minimum atomic E-state index is -1.47. The average Bonchev–Trinajstić information content (AvgIpc) is 2.74. The minimum absolute atomic E-state index is 0.237. The number of carboxylic acid groups (broad SMARTS) is 2. The molecule has 1 aliphatic heterocycles. The van der Waals surface area contributed by atoms with Crippen molar-refractivity contribution in [2.75, 3.05) is 32.3 Å². The van der Waals surface area contributed by atoms with Crippen molar-refractivity contribution in [2.45, 2.75) is 44.5 Å². The summed E-state index contributed by atoms with van der Waals surface area (Å²) >= 11 is 1.49. The number of thioether (sulfide) groups is 1. The van der Waals surface area contributed by atoms with E-state index in [1.54, 1.807) is 26.0 Å². The minimum Gasteiger partial charge on any atom is -0.493 e. The topological polar surface area (TPSA) is 135 Å². The Morgan fingerprint density at radius 2 is 1.91 bits per heavy atom. The molecular weight excluding hydrogens is 440 g/mol. The Labute approximate surface area is 191 Å². The van der Waals surface area contributed by atoms with Gasteiger partial charge in [0, 0.05) is 12.3 Å². The Kier molecular flexibility index (Phi) is 9.02. The predicted octanol–water partition coefficient (Wildman–Crippen LogP) is 2.05. The zero-order valence-corrected chi connectivity index (χ0v) is 19.4. The van der Waals surface area contributed by atoms with Crippen molar-refractivity contribution in [1.29, 1.82) is 0 Å². The molecule has 32 heavy (non-hydrogen) atoms. The highest BCUT2D eigenvalue weighted by Gasteiger charge is 2.43. The molecule has 2 rings (SSSR count). The van der Waals surface area contributed by atoms with E-state index in [1.165, 1.54) is 30.9 Å². The summed E-state index contributed by atoms with van der Waals surface area (Å²) < 4.78 is 15.5. The lowest BCUT2D eigenvalue weighted by Gasteiger charge is -2.43. The van der Waals surface area contributed by atoms with Crippen LogP contribution >= 0.6 is 11.8 Å². The molecule has 10 nitrogen and oxygen atoms in total. The number of ether oxygens (including phenoxy) is 3. The van der Waals surface area contributed by atoms with Crippen LogP contribution in [0, 0.1) is 0 Å². The summed E-state index contributed by atoms with van der Waals surface area (Å²) in [4.78, 5) is 37.3. The molecule has 0 saturated carbocycles. The first-order valence-corrected chi connectivity index (χ1v) is 11.3. The van der Waals surface area contributed by atoms with E-state index in [-0.39, 0.29) is 6.42 Å². The van der Waals surface area contributed by atoms with E-state index in [1.807, 2.05) is 6.07 Å². The number of amides is 1. The SMILES string of the molecule is COc1ccc(CCC(N[C@@H](C)C(=O)N2CCSCC2(C)OC(=O)O)C(=O)O)cc1OC. The third kappa shape index (κ3) is 6.42. The van der Waals surface area contributed by atoms with E-state index in [2.05, 4.69) is 5.32 Å². The van der Waals surface area contributed by atoms with Gasteiger partial charge in [-0.25, -0.2) is 4.79 Å². The van der Waals surface area contributed by atoms with Gasteiger partial charge in [-0.3, -0.25) is 14.9 Å². The molecule has 1 heterocycles. The van der Waals surface area contributed by atoms with E-state index in [9.17, 15) is 19.5 Å². The van der Waals surface area contributed by atoms with Gasteiger partial charge < -0.3 is 29.3 Å². The van der Waals surface area contributed by atoms with Crippen LogP contribution in [-0.4, -0.2) is 83.2 Å². The molecule has 1 amide bonds. The Morgan fingerprint density at radius 1 is 1.22 bits per heavy atom. The average molecular weight is 471 g/mol. The van der Waals surface area contributed by atoms with Crippen molar-refractivity contribution < 1.29 is 38.8 Å². The molecule has 1 aromatic carbocycles. The van der Waals surface area contributed by atoms with Crippen molar-refractivity contribution in [3.63, 3.8) is 0 Å². The van der Waals surface area contributed by atoms with Crippen LogP contribution in [0.2, 0.25) is 0 Å². The van der Waals surface area contributed by atoms with Gasteiger partial charge in [0.05, 0.1) is 26.0 Å². The molecule has 0 bridgehead atoms. The lowest BCUT2D eigenvalue weighted by Crippen LogP contribution is -2.62. The molecule has 1 saturated heterocycles. The lowest BCUT2D eigenvalue weighted by atomic mass is 10.0. The first-order valence-electron chi connectivity index (χ1n) is 10.1. The fourth-order valence-electron chi connectivity index (χ4n) is 3.58. The van der Waals surface area contributed by atoms with Gasteiger partial charge in [0.15, 0.2) is 17.2 Å². The number of aryl methyl sites for hydroxylation is 1. The summed E-state index contributed by atoms with van der Waals surface area (Å²) in [6.45, 7) is 3.42. The zero-order chi connectivity index (χ0) is 23.9. The number of carbonyl (C=O) groups is 3. The molecule has 1 aromatic rings. The first-order chi connectivity index (χ1) is 15.1. The maximum absolute atomic E-state index is 13.0. The maximum Gasteiger partial charge on any atom is 0.507 e. The van der Waals surface area contributed by atoms with Gasteiger partial charge in [0.2, 0.25) is 5.91 Å². The monoisotopic (exact) mass is 470 g/mol. The molecule has 11 heteroatoms. The number of nitrogens with one attached hydrogen (secondary N) is 1. The normalized spacial score (nSPS) is 20.2. The lowest BCUT2D eigenvalue weighted by molar-refractivity contribution is -0.157. The highest BCUT2D eigenvalue weighted by molar-refractivity contribution is 7.99. The molecule has 178 valence electrons. The van der Waals surface area contributed by atoms with Gasteiger partial charge in [0.25, 0.3) is 0 Å². The van der Waals surface area contributed by atoms with E-state index in [4.69, 9.17) is 19.3 Å². The predicted molar refractivity (Wildman–Crippen MR) is 118 cm³/mol. The number of aliphatic carboxylic acids is 1. The summed E-state index contributed by atoms with van der Waals surface area (Å²) in [6, 6.07) is 3.54. The van der Waals surface area contributed by atoms with Crippen LogP contribution in [0.1, 0.15) is 25.8 Å². The van der Waals surface area contributed by atoms with Gasteiger partial charge >= 0.3 is 12.1 Å². The van der Waals surface area contributed by atoms with Crippen molar-refractivity contribution in [2.24, 2.45) is 0 Å². The Balaban J connectivity index is 2.06. The number of carbonyl (C=O) groups excluding carboxylic acids is 1. The fourth-order valence-corrected chi connectivity index (χ4v) is 4.63. The van der Waals surface area contributed by atoms with Gasteiger partial charge in [-0.15, -0.1) is 0 Å². The fraction of sp³-hybridized carbons (Fsp3) is 0.571. The third-order valence-corrected chi connectivity index (χ3v) is 6.47. The smallest absolute Gasteiger partial charge is 0.493 e. The quantitative estimate of drug-likeness (QED) is 0.436. The molecule has 3 atom stereocenters. The van der Waals surface area contributed by atoms with Crippen LogP contribution in [0.5, 0.6) is 11.5 Å². The second-order valence-corrected chi connectivity index (χ2v) is 8.70. The van der Waals surface area contributed by atoms with E-state index < -0.39 is 35.8 Å². The number of rotatable bonds is 10. The van der Waals surface area contributed by atoms with Crippen molar-refractivity contribution in [3.8, 4) is 11.5 Å². The largest absolute Gasteiger partial charge is 0.507 e. The molecule has 0 spiro atoms.